The molecule has 0 aliphatic carbocycles. The first kappa shape index (κ1) is 15.2. The van der Waals surface area contributed by atoms with Crippen LogP contribution in [0.15, 0.2) is 45.5 Å². The van der Waals surface area contributed by atoms with Gasteiger partial charge in [-0.05, 0) is 52.3 Å². The molecule has 0 aliphatic rings. The number of hydrogen-bond acceptors (Lipinski definition) is 4. The summed E-state index contributed by atoms with van der Waals surface area (Å²) >= 11 is 3.02. The topological polar surface area (TPSA) is 56.5 Å². The largest absolute Gasteiger partial charge is 0.463 e. The Morgan fingerprint density at radius 1 is 1.33 bits per heavy atom. The van der Waals surface area contributed by atoms with Gasteiger partial charge in [-0.15, -0.1) is 0 Å². The van der Waals surface area contributed by atoms with E-state index in [9.17, 15) is 14.0 Å². The van der Waals surface area contributed by atoms with Crippen molar-refractivity contribution in [1.82, 2.24) is 0 Å². The van der Waals surface area contributed by atoms with Gasteiger partial charge in [-0.25, -0.2) is 9.18 Å². The van der Waals surface area contributed by atoms with Gasteiger partial charge in [-0.3, -0.25) is 4.79 Å². The minimum Gasteiger partial charge on any atom is -0.463 e. The average Bonchev–Trinajstić information content (AvgIpc) is 2.95. The molecule has 0 N–H and O–H groups in total. The van der Waals surface area contributed by atoms with E-state index in [-0.39, 0.29) is 16.0 Å². The van der Waals surface area contributed by atoms with Gasteiger partial charge >= 0.3 is 5.97 Å². The molecular formula is C15H10BrFO4. The second-order valence-corrected chi connectivity index (χ2v) is 4.88. The van der Waals surface area contributed by atoms with Crippen LogP contribution in [-0.2, 0) is 4.74 Å². The molecule has 1 heterocycles. The standard InChI is InChI=1S/C15H10BrFO4/c1-20-15(19)14-9(6-7-21-14)3-5-13(18)10-2-4-12(17)11(16)8-10/h2-8H,1H3/b5-3+. The summed E-state index contributed by atoms with van der Waals surface area (Å²) in [5.41, 5.74) is 0.749. The quantitative estimate of drug-likeness (QED) is 0.476. The fourth-order valence-electron chi connectivity index (χ4n) is 1.62. The molecule has 0 spiro atoms. The number of allylic oxidation sites excluding steroid dienone is 1. The predicted molar refractivity (Wildman–Crippen MR) is 77.5 cm³/mol. The van der Waals surface area contributed by atoms with Crippen LogP contribution in [0.25, 0.3) is 6.08 Å². The molecule has 6 heteroatoms. The highest BCUT2D eigenvalue weighted by Gasteiger charge is 2.14. The minimum absolute atomic E-state index is 0.0156. The molecular weight excluding hydrogens is 343 g/mol. The molecule has 0 fully saturated rings. The van der Waals surface area contributed by atoms with E-state index in [1.54, 1.807) is 0 Å². The van der Waals surface area contributed by atoms with E-state index in [1.165, 1.54) is 49.8 Å². The highest BCUT2D eigenvalue weighted by atomic mass is 79.9. The molecule has 0 aliphatic heterocycles. The molecule has 0 saturated carbocycles. The number of carbonyl (C=O) groups is 2. The molecule has 2 rings (SSSR count). The van der Waals surface area contributed by atoms with E-state index >= 15 is 0 Å². The minimum atomic E-state index is -0.628. The van der Waals surface area contributed by atoms with Gasteiger partial charge in [0.25, 0.3) is 0 Å². The highest BCUT2D eigenvalue weighted by molar-refractivity contribution is 9.10. The molecule has 108 valence electrons. The van der Waals surface area contributed by atoms with Gasteiger partial charge < -0.3 is 9.15 Å². The Balaban J connectivity index is 2.21. The SMILES string of the molecule is COC(=O)c1occc1/C=C/C(=O)c1ccc(F)c(Br)c1. The molecule has 4 nitrogen and oxygen atoms in total. The Labute approximate surface area is 128 Å². The summed E-state index contributed by atoms with van der Waals surface area (Å²) in [6.45, 7) is 0. The van der Waals surface area contributed by atoms with Crippen molar-refractivity contribution in [2.75, 3.05) is 7.11 Å². The van der Waals surface area contributed by atoms with Crippen LogP contribution < -0.4 is 0 Å². The van der Waals surface area contributed by atoms with E-state index < -0.39 is 11.8 Å². The van der Waals surface area contributed by atoms with Gasteiger partial charge in [0, 0.05) is 11.1 Å². The van der Waals surface area contributed by atoms with Gasteiger partial charge in [0.1, 0.15) is 5.82 Å². The number of ether oxygens (including phenoxy) is 1. The Kier molecular flexibility index (Phi) is 4.70. The van der Waals surface area contributed by atoms with E-state index in [0.717, 1.165) is 0 Å². The van der Waals surface area contributed by atoms with Gasteiger partial charge in [-0.2, -0.15) is 0 Å². The van der Waals surface area contributed by atoms with E-state index in [0.29, 0.717) is 11.1 Å². The Bertz CT molecular complexity index is 718. The smallest absolute Gasteiger partial charge is 0.374 e. The second-order valence-electron chi connectivity index (χ2n) is 4.02. The Hall–Kier alpha value is -2.21. The fraction of sp³-hybridized carbons (Fsp3) is 0.0667. The van der Waals surface area contributed by atoms with Gasteiger partial charge in [-0.1, -0.05) is 0 Å². The van der Waals surface area contributed by atoms with Crippen molar-refractivity contribution in [2.45, 2.75) is 0 Å². The van der Waals surface area contributed by atoms with Crippen molar-refractivity contribution < 1.29 is 23.1 Å². The number of rotatable bonds is 4. The number of carbonyl (C=O) groups excluding carboxylic acids is 2. The number of furan rings is 1. The zero-order valence-corrected chi connectivity index (χ0v) is 12.5. The lowest BCUT2D eigenvalue weighted by Gasteiger charge is -1.99. The third kappa shape index (κ3) is 3.46. The van der Waals surface area contributed by atoms with Crippen molar-refractivity contribution in [3.8, 4) is 0 Å². The van der Waals surface area contributed by atoms with E-state index in [1.807, 2.05) is 0 Å². The normalized spacial score (nSPS) is 10.8. The van der Waals surface area contributed by atoms with Gasteiger partial charge in [0.05, 0.1) is 17.8 Å². The zero-order chi connectivity index (χ0) is 15.4. The second kappa shape index (κ2) is 6.49. The van der Waals surface area contributed by atoms with Crippen LogP contribution in [0.1, 0.15) is 26.5 Å². The summed E-state index contributed by atoms with van der Waals surface area (Å²) in [5.74, 6) is -1.38. The maximum atomic E-state index is 13.1. The van der Waals surface area contributed by atoms with Crippen LogP contribution in [0, 0.1) is 5.82 Å². The average molecular weight is 353 g/mol. The van der Waals surface area contributed by atoms with Crippen LogP contribution in [0.5, 0.6) is 0 Å². The van der Waals surface area contributed by atoms with Crippen molar-refractivity contribution in [3.05, 3.63) is 63.8 Å². The first-order chi connectivity index (χ1) is 10.0. The molecule has 0 atom stereocenters. The predicted octanol–water partition coefficient (Wildman–Crippen LogP) is 3.86. The van der Waals surface area contributed by atoms with Crippen molar-refractivity contribution >= 4 is 33.8 Å². The first-order valence-corrected chi connectivity index (χ1v) is 6.65. The van der Waals surface area contributed by atoms with E-state index in [4.69, 9.17) is 4.42 Å². The lowest BCUT2D eigenvalue weighted by atomic mass is 10.1. The first-order valence-electron chi connectivity index (χ1n) is 5.86. The van der Waals surface area contributed by atoms with Gasteiger partial charge in [0.15, 0.2) is 5.78 Å². The van der Waals surface area contributed by atoms with Crippen LogP contribution >= 0.6 is 15.9 Å². The summed E-state index contributed by atoms with van der Waals surface area (Å²) in [7, 11) is 1.24. The van der Waals surface area contributed by atoms with E-state index in [2.05, 4.69) is 20.7 Å². The third-order valence-corrected chi connectivity index (χ3v) is 3.29. The summed E-state index contributed by atoms with van der Waals surface area (Å²) in [4.78, 5) is 23.4. The van der Waals surface area contributed by atoms with Crippen molar-refractivity contribution in [2.24, 2.45) is 0 Å². The lowest BCUT2D eigenvalue weighted by Crippen LogP contribution is -2.01. The van der Waals surface area contributed by atoms with Gasteiger partial charge in [0.2, 0.25) is 5.76 Å². The maximum absolute atomic E-state index is 13.1. The molecule has 1 aromatic carbocycles. The molecule has 0 radical (unpaired) electrons. The molecule has 0 unspecified atom stereocenters. The number of halogens is 2. The Morgan fingerprint density at radius 3 is 2.76 bits per heavy atom. The van der Waals surface area contributed by atoms with Crippen LogP contribution in [0.4, 0.5) is 4.39 Å². The van der Waals surface area contributed by atoms with Crippen LogP contribution in [0.2, 0.25) is 0 Å². The molecule has 0 amide bonds. The molecule has 21 heavy (non-hydrogen) atoms. The zero-order valence-electron chi connectivity index (χ0n) is 10.9. The van der Waals surface area contributed by atoms with Crippen LogP contribution in [-0.4, -0.2) is 18.9 Å². The summed E-state index contributed by atoms with van der Waals surface area (Å²) < 4.78 is 22.9. The number of ketones is 1. The summed E-state index contributed by atoms with van der Waals surface area (Å²) in [6, 6.07) is 5.50. The summed E-state index contributed by atoms with van der Waals surface area (Å²) in [6.07, 6.45) is 4.04. The number of methoxy groups -OCH3 is 1. The highest BCUT2D eigenvalue weighted by Crippen LogP contribution is 2.18. The molecule has 2 aromatic rings. The molecule has 1 aromatic heterocycles. The monoisotopic (exact) mass is 352 g/mol. The number of esters is 1. The van der Waals surface area contributed by atoms with Crippen molar-refractivity contribution in [1.29, 1.82) is 0 Å². The number of benzene rings is 1. The Morgan fingerprint density at radius 2 is 2.10 bits per heavy atom. The maximum Gasteiger partial charge on any atom is 0.374 e. The van der Waals surface area contributed by atoms with Crippen molar-refractivity contribution in [3.63, 3.8) is 0 Å². The summed E-state index contributed by atoms with van der Waals surface area (Å²) in [5, 5.41) is 0. The van der Waals surface area contributed by atoms with Crippen LogP contribution in [0.3, 0.4) is 0 Å². The third-order valence-electron chi connectivity index (χ3n) is 2.68. The molecule has 0 saturated heterocycles. The fourth-order valence-corrected chi connectivity index (χ4v) is 2.00. The number of hydrogen-bond donors (Lipinski definition) is 0. The molecule has 0 bridgehead atoms. The lowest BCUT2D eigenvalue weighted by molar-refractivity contribution is 0.0564.